The summed E-state index contributed by atoms with van der Waals surface area (Å²) < 4.78 is 5.47. The zero-order valence-electron chi connectivity index (χ0n) is 21.2. The van der Waals surface area contributed by atoms with E-state index in [4.69, 9.17) is 4.74 Å². The second-order valence-corrected chi connectivity index (χ2v) is 10.3. The number of benzene rings is 1. The minimum Gasteiger partial charge on any atom is -0.459 e. The van der Waals surface area contributed by atoms with Crippen molar-refractivity contribution in [1.82, 2.24) is 10.2 Å². The Morgan fingerprint density at radius 2 is 1.88 bits per heavy atom. The molecule has 7 nitrogen and oxygen atoms in total. The van der Waals surface area contributed by atoms with Crippen molar-refractivity contribution in [2.24, 2.45) is 11.3 Å². The zero-order valence-corrected chi connectivity index (χ0v) is 21.2. The Morgan fingerprint density at radius 3 is 2.45 bits per heavy atom. The topological polar surface area (TPSA) is 87.7 Å². The molecule has 0 saturated carbocycles. The van der Waals surface area contributed by atoms with Crippen LogP contribution in [0.3, 0.4) is 0 Å². The monoisotopic (exact) mass is 457 g/mol. The van der Waals surface area contributed by atoms with Crippen molar-refractivity contribution in [3.8, 4) is 0 Å². The normalized spacial score (nSPS) is 17.7. The van der Waals surface area contributed by atoms with E-state index in [1.165, 1.54) is 4.90 Å². The van der Waals surface area contributed by atoms with Gasteiger partial charge >= 0.3 is 12.0 Å². The first-order chi connectivity index (χ1) is 15.3. The summed E-state index contributed by atoms with van der Waals surface area (Å²) in [5.41, 5.74) is 2.46. The highest BCUT2D eigenvalue weighted by Crippen LogP contribution is 2.33. The smallest absolute Gasteiger partial charge is 0.338 e. The predicted molar refractivity (Wildman–Crippen MR) is 131 cm³/mol. The van der Waals surface area contributed by atoms with Crippen LogP contribution in [-0.4, -0.2) is 35.5 Å². The van der Waals surface area contributed by atoms with Crippen LogP contribution < -0.4 is 10.6 Å². The lowest BCUT2D eigenvalue weighted by molar-refractivity contribution is -0.143. The number of nitrogens with zero attached hydrogens (tertiary/aromatic N) is 1. The lowest BCUT2D eigenvalue weighted by atomic mass is 9.84. The van der Waals surface area contributed by atoms with Crippen molar-refractivity contribution in [3.63, 3.8) is 0 Å². The maximum Gasteiger partial charge on any atom is 0.338 e. The van der Waals surface area contributed by atoms with Gasteiger partial charge in [0.1, 0.15) is 0 Å². The van der Waals surface area contributed by atoms with Crippen LogP contribution in [0.2, 0.25) is 0 Å². The van der Waals surface area contributed by atoms with E-state index < -0.39 is 12.0 Å². The summed E-state index contributed by atoms with van der Waals surface area (Å²) in [4.78, 5) is 39.7. The quantitative estimate of drug-likeness (QED) is 0.512. The number of ether oxygens (including phenoxy) is 1. The van der Waals surface area contributed by atoms with Gasteiger partial charge in [-0.3, -0.25) is 9.69 Å². The molecule has 0 aromatic heterocycles. The number of nitrogens with one attached hydrogen (secondary N) is 2. The van der Waals surface area contributed by atoms with E-state index in [0.717, 1.165) is 6.42 Å². The van der Waals surface area contributed by atoms with Gasteiger partial charge < -0.3 is 15.4 Å². The Kier molecular flexibility index (Phi) is 8.69. The van der Waals surface area contributed by atoms with Crippen LogP contribution in [0.25, 0.3) is 0 Å². The van der Waals surface area contributed by atoms with E-state index in [1.807, 2.05) is 25.1 Å². The van der Waals surface area contributed by atoms with Crippen LogP contribution >= 0.6 is 0 Å². The Morgan fingerprint density at radius 1 is 1.21 bits per heavy atom. The van der Waals surface area contributed by atoms with Gasteiger partial charge in [-0.15, -0.1) is 0 Å². The van der Waals surface area contributed by atoms with Gasteiger partial charge in [-0.2, -0.15) is 0 Å². The largest absolute Gasteiger partial charge is 0.459 e. The Labute approximate surface area is 197 Å². The molecule has 3 amide bonds. The van der Waals surface area contributed by atoms with Gasteiger partial charge in [0, 0.05) is 24.4 Å². The third-order valence-corrected chi connectivity index (χ3v) is 5.47. The van der Waals surface area contributed by atoms with Crippen molar-refractivity contribution in [2.45, 2.75) is 80.4 Å². The number of hydrogen-bond acceptors (Lipinski definition) is 4. The lowest BCUT2D eigenvalue weighted by Crippen LogP contribution is -2.48. The molecule has 1 heterocycles. The maximum atomic E-state index is 12.9. The maximum absolute atomic E-state index is 12.9. The van der Waals surface area contributed by atoms with Gasteiger partial charge in [-0.1, -0.05) is 39.8 Å². The number of amides is 3. The minimum atomic E-state index is -0.664. The average Bonchev–Trinajstić information content (AvgIpc) is 2.65. The van der Waals surface area contributed by atoms with Crippen molar-refractivity contribution in [1.29, 1.82) is 0 Å². The molecule has 1 aliphatic heterocycles. The van der Waals surface area contributed by atoms with Crippen molar-refractivity contribution < 1.29 is 19.1 Å². The molecule has 33 heavy (non-hydrogen) atoms. The summed E-state index contributed by atoms with van der Waals surface area (Å²) >= 11 is 0. The molecule has 1 aromatic rings. The van der Waals surface area contributed by atoms with Crippen LogP contribution in [0.5, 0.6) is 0 Å². The van der Waals surface area contributed by atoms with Crippen LogP contribution in [0.4, 0.5) is 10.5 Å². The van der Waals surface area contributed by atoms with Gasteiger partial charge in [0.15, 0.2) is 0 Å². The highest BCUT2D eigenvalue weighted by atomic mass is 16.5. The average molecular weight is 458 g/mol. The molecule has 0 fully saturated rings. The van der Waals surface area contributed by atoms with Crippen LogP contribution in [0, 0.1) is 11.3 Å². The zero-order chi connectivity index (χ0) is 24.9. The Hall–Kier alpha value is -2.83. The molecule has 2 unspecified atom stereocenters. The second-order valence-electron chi connectivity index (χ2n) is 10.3. The minimum absolute atomic E-state index is 0.0556. The summed E-state index contributed by atoms with van der Waals surface area (Å²) in [6.45, 7) is 16.2. The first-order valence-electron chi connectivity index (χ1n) is 11.7. The summed E-state index contributed by atoms with van der Waals surface area (Å²) in [5, 5.41) is 5.88. The predicted octanol–water partition coefficient (Wildman–Crippen LogP) is 5.40. The number of carbonyl (C=O) groups excluding carboxylic acids is 3. The lowest BCUT2D eigenvalue weighted by Gasteiger charge is -2.35. The van der Waals surface area contributed by atoms with Gasteiger partial charge in [-0.05, 0) is 63.1 Å². The van der Waals surface area contributed by atoms with E-state index in [9.17, 15) is 14.4 Å². The van der Waals surface area contributed by atoms with Crippen molar-refractivity contribution in [3.05, 3.63) is 41.1 Å². The van der Waals surface area contributed by atoms with Gasteiger partial charge in [0.05, 0.1) is 17.7 Å². The number of carbonyl (C=O) groups is 3. The fourth-order valence-corrected chi connectivity index (χ4v) is 4.40. The SMILES string of the molecule is CCN1C(=O)NC(c2cccc(NC(=O)CC(C)CC(C)(C)C)c2)C(C(=O)OC(C)C)=C1C. The third-order valence-electron chi connectivity index (χ3n) is 5.47. The first-order valence-corrected chi connectivity index (χ1v) is 11.7. The molecule has 7 heteroatoms. The summed E-state index contributed by atoms with van der Waals surface area (Å²) in [6.07, 6.45) is 1.10. The fraction of sp³-hybridized carbons (Fsp3) is 0.577. The van der Waals surface area contributed by atoms with E-state index in [-0.39, 0.29) is 29.4 Å². The first kappa shape index (κ1) is 26.4. The molecule has 0 radical (unpaired) electrons. The summed E-state index contributed by atoms with van der Waals surface area (Å²) in [6, 6.07) is 6.31. The molecule has 2 N–H and O–H groups in total. The standard InChI is InChI=1S/C26H39N3O4/c1-9-29-18(5)22(24(31)33-16(2)3)23(28-25(29)32)19-11-10-12-20(14-19)27-21(30)13-17(4)15-26(6,7)8/h10-12,14,16-17,23H,9,13,15H2,1-8H3,(H,27,30)(H,28,32). The molecule has 0 saturated heterocycles. The molecule has 1 aromatic carbocycles. The molecule has 2 rings (SSSR count). The number of allylic oxidation sites excluding steroid dienone is 1. The molecule has 182 valence electrons. The van der Waals surface area contributed by atoms with Crippen molar-refractivity contribution >= 4 is 23.6 Å². The number of hydrogen-bond donors (Lipinski definition) is 2. The van der Waals surface area contributed by atoms with Crippen LogP contribution in [0.15, 0.2) is 35.5 Å². The van der Waals surface area contributed by atoms with E-state index >= 15 is 0 Å². The highest BCUT2D eigenvalue weighted by molar-refractivity contribution is 5.95. The fourth-order valence-electron chi connectivity index (χ4n) is 4.40. The van der Waals surface area contributed by atoms with Gasteiger partial charge in [0.2, 0.25) is 5.91 Å². The Balaban J connectivity index is 2.29. The van der Waals surface area contributed by atoms with Crippen molar-refractivity contribution in [2.75, 3.05) is 11.9 Å². The van der Waals surface area contributed by atoms with Gasteiger partial charge in [-0.25, -0.2) is 9.59 Å². The third kappa shape index (κ3) is 7.34. The number of anilines is 1. The van der Waals surface area contributed by atoms with E-state index in [0.29, 0.717) is 35.5 Å². The number of esters is 1. The molecular formula is C26H39N3O4. The summed E-state index contributed by atoms with van der Waals surface area (Å²) in [5.74, 6) is -0.259. The van der Waals surface area contributed by atoms with E-state index in [2.05, 4.69) is 38.3 Å². The van der Waals surface area contributed by atoms with Crippen LogP contribution in [0.1, 0.15) is 79.8 Å². The molecule has 0 bridgehead atoms. The molecule has 1 aliphatic rings. The second kappa shape index (κ2) is 10.9. The molecule has 0 spiro atoms. The Bertz CT molecular complexity index is 914. The molecule has 2 atom stereocenters. The summed E-state index contributed by atoms with van der Waals surface area (Å²) in [7, 11) is 0. The van der Waals surface area contributed by atoms with Gasteiger partial charge in [0.25, 0.3) is 0 Å². The molecule has 0 aliphatic carbocycles. The number of rotatable bonds is 8. The number of urea groups is 1. The van der Waals surface area contributed by atoms with E-state index in [1.54, 1.807) is 26.8 Å². The van der Waals surface area contributed by atoms with Crippen LogP contribution in [-0.2, 0) is 14.3 Å². The highest BCUT2D eigenvalue weighted by Gasteiger charge is 2.36. The molecular weight excluding hydrogens is 418 g/mol.